The van der Waals surface area contributed by atoms with Crippen LogP contribution in [0.15, 0.2) is 30.3 Å². The summed E-state index contributed by atoms with van der Waals surface area (Å²) in [6.07, 6.45) is -0.223. The maximum absolute atomic E-state index is 11.7. The van der Waals surface area contributed by atoms with Crippen molar-refractivity contribution < 1.29 is 9.53 Å². The molecule has 1 fully saturated rings. The van der Waals surface area contributed by atoms with Crippen molar-refractivity contribution in [1.29, 1.82) is 0 Å². The van der Waals surface area contributed by atoms with Crippen LogP contribution in [-0.2, 0) is 11.3 Å². The minimum Gasteiger partial charge on any atom is -0.444 e. The second-order valence-corrected chi connectivity index (χ2v) is 5.12. The van der Waals surface area contributed by atoms with Gasteiger partial charge in [0.1, 0.15) is 6.10 Å². The highest BCUT2D eigenvalue weighted by Crippen LogP contribution is 2.20. The Hall–Kier alpha value is -1.55. The Bertz CT molecular complexity index is 422. The van der Waals surface area contributed by atoms with Gasteiger partial charge >= 0.3 is 6.09 Å². The molecule has 1 aliphatic heterocycles. The van der Waals surface area contributed by atoms with Crippen molar-refractivity contribution in [3.05, 3.63) is 35.9 Å². The number of hydrogen-bond donors (Lipinski definition) is 0. The van der Waals surface area contributed by atoms with Crippen molar-refractivity contribution in [3.8, 4) is 0 Å². The van der Waals surface area contributed by atoms with Crippen LogP contribution in [-0.4, -0.2) is 48.2 Å². The van der Waals surface area contributed by atoms with Gasteiger partial charge in [-0.3, -0.25) is 4.90 Å². The highest BCUT2D eigenvalue weighted by molar-refractivity contribution is 5.70. The molecule has 21 heavy (non-hydrogen) atoms. The summed E-state index contributed by atoms with van der Waals surface area (Å²) in [7, 11) is 2.08. The molecular weight excluding hydrogens is 264 g/mol. The van der Waals surface area contributed by atoms with Gasteiger partial charge < -0.3 is 9.64 Å². The van der Waals surface area contributed by atoms with Gasteiger partial charge in [-0.1, -0.05) is 44.2 Å². The van der Waals surface area contributed by atoms with Crippen LogP contribution in [0.3, 0.4) is 0 Å². The molecule has 2 rings (SSSR count). The second kappa shape index (κ2) is 8.67. The topological polar surface area (TPSA) is 32.8 Å². The third-order valence-corrected chi connectivity index (χ3v) is 3.60. The molecule has 0 bridgehead atoms. The fourth-order valence-corrected chi connectivity index (χ4v) is 2.58. The summed E-state index contributed by atoms with van der Waals surface area (Å²) in [6.45, 7) is 10.4. The minimum atomic E-state index is -0.187. The molecule has 1 aliphatic rings. The third-order valence-electron chi connectivity index (χ3n) is 3.60. The predicted octanol–water partition coefficient (Wildman–Crippen LogP) is 3.37. The highest BCUT2D eigenvalue weighted by Gasteiger charge is 2.38. The summed E-state index contributed by atoms with van der Waals surface area (Å²) in [5, 5.41) is 0. The van der Waals surface area contributed by atoms with E-state index in [2.05, 4.69) is 24.1 Å². The summed E-state index contributed by atoms with van der Waals surface area (Å²) in [6, 6.07) is 10.5. The summed E-state index contributed by atoms with van der Waals surface area (Å²) in [5.74, 6) is 0. The zero-order valence-electron chi connectivity index (χ0n) is 13.9. The Morgan fingerprint density at radius 1 is 1.24 bits per heavy atom. The van der Waals surface area contributed by atoms with Crippen molar-refractivity contribution in [1.82, 2.24) is 9.80 Å². The average Bonchev–Trinajstić information content (AvgIpc) is 2.75. The SMILES string of the molecule is CC.CCN1C(=O)OC(C)C1CN(C)Cc1ccccc1. The van der Waals surface area contributed by atoms with Crippen molar-refractivity contribution in [2.45, 2.75) is 46.4 Å². The van der Waals surface area contributed by atoms with E-state index in [9.17, 15) is 4.79 Å². The van der Waals surface area contributed by atoms with Gasteiger partial charge in [0.15, 0.2) is 0 Å². The Kier molecular flexibility index (Phi) is 7.23. The van der Waals surface area contributed by atoms with Gasteiger partial charge in [0.25, 0.3) is 0 Å². The molecule has 4 nitrogen and oxygen atoms in total. The number of benzene rings is 1. The number of nitrogens with zero attached hydrogens (tertiary/aromatic N) is 2. The molecule has 0 N–H and O–H groups in total. The first-order chi connectivity index (χ1) is 10.1. The van der Waals surface area contributed by atoms with Crippen LogP contribution in [0.1, 0.15) is 33.3 Å². The first kappa shape index (κ1) is 17.5. The highest BCUT2D eigenvalue weighted by atomic mass is 16.6. The Balaban J connectivity index is 0.00000106. The van der Waals surface area contributed by atoms with E-state index in [-0.39, 0.29) is 18.2 Å². The molecule has 1 aromatic carbocycles. The molecule has 0 spiro atoms. The number of rotatable bonds is 5. The Morgan fingerprint density at radius 2 is 1.86 bits per heavy atom. The molecule has 1 aromatic rings. The van der Waals surface area contributed by atoms with E-state index in [0.717, 1.165) is 13.1 Å². The molecule has 2 unspecified atom stereocenters. The summed E-state index contributed by atoms with van der Waals surface area (Å²) in [4.78, 5) is 15.7. The molecule has 0 aliphatic carbocycles. The first-order valence-electron chi connectivity index (χ1n) is 7.81. The minimum absolute atomic E-state index is 0.0364. The fraction of sp³-hybridized carbons (Fsp3) is 0.588. The third kappa shape index (κ3) is 4.74. The summed E-state index contributed by atoms with van der Waals surface area (Å²) < 4.78 is 5.29. The number of carbonyl (C=O) groups is 1. The quantitative estimate of drug-likeness (QED) is 0.834. The molecule has 1 heterocycles. The maximum Gasteiger partial charge on any atom is 0.410 e. The predicted molar refractivity (Wildman–Crippen MR) is 86.2 cm³/mol. The van der Waals surface area contributed by atoms with E-state index in [1.165, 1.54) is 5.56 Å². The molecule has 1 saturated heterocycles. The summed E-state index contributed by atoms with van der Waals surface area (Å²) >= 11 is 0. The second-order valence-electron chi connectivity index (χ2n) is 5.12. The van der Waals surface area contributed by atoms with Gasteiger partial charge in [0.2, 0.25) is 0 Å². The zero-order valence-corrected chi connectivity index (χ0v) is 13.9. The van der Waals surface area contributed by atoms with Gasteiger partial charge in [-0.2, -0.15) is 0 Å². The van der Waals surface area contributed by atoms with Crippen molar-refractivity contribution in [3.63, 3.8) is 0 Å². The van der Waals surface area contributed by atoms with Crippen LogP contribution < -0.4 is 0 Å². The lowest BCUT2D eigenvalue weighted by molar-refractivity contribution is 0.134. The standard InChI is InChI=1S/C15H22N2O2.C2H6/c1-4-17-14(12(2)19-15(17)18)11-16(3)10-13-8-6-5-7-9-13;1-2/h5-9,12,14H,4,10-11H2,1-3H3;1-2H3. The van der Waals surface area contributed by atoms with Crippen molar-refractivity contribution in [2.24, 2.45) is 0 Å². The average molecular weight is 292 g/mol. The van der Waals surface area contributed by atoms with Crippen molar-refractivity contribution in [2.75, 3.05) is 20.1 Å². The summed E-state index contributed by atoms with van der Waals surface area (Å²) in [5.41, 5.74) is 1.28. The normalized spacial score (nSPS) is 21.0. The molecule has 0 radical (unpaired) electrons. The van der Waals surface area contributed by atoms with E-state index < -0.39 is 0 Å². The lowest BCUT2D eigenvalue weighted by Crippen LogP contribution is -2.43. The fourth-order valence-electron chi connectivity index (χ4n) is 2.58. The van der Waals surface area contributed by atoms with E-state index in [0.29, 0.717) is 6.54 Å². The van der Waals surface area contributed by atoms with E-state index >= 15 is 0 Å². The van der Waals surface area contributed by atoms with Gasteiger partial charge in [-0.05, 0) is 26.5 Å². The monoisotopic (exact) mass is 292 g/mol. The molecule has 4 heteroatoms. The molecule has 0 saturated carbocycles. The van der Waals surface area contributed by atoms with Crippen LogP contribution in [0.25, 0.3) is 0 Å². The van der Waals surface area contributed by atoms with Gasteiger partial charge in [-0.25, -0.2) is 4.79 Å². The van der Waals surface area contributed by atoms with Gasteiger partial charge in [0.05, 0.1) is 6.04 Å². The Morgan fingerprint density at radius 3 is 2.43 bits per heavy atom. The number of hydrogen-bond acceptors (Lipinski definition) is 3. The van der Waals surface area contributed by atoms with Gasteiger partial charge in [0, 0.05) is 19.6 Å². The number of ether oxygens (including phenoxy) is 1. The lowest BCUT2D eigenvalue weighted by Gasteiger charge is -2.27. The van der Waals surface area contributed by atoms with Crippen LogP contribution in [0.5, 0.6) is 0 Å². The smallest absolute Gasteiger partial charge is 0.410 e. The van der Waals surface area contributed by atoms with Crippen LogP contribution >= 0.6 is 0 Å². The molecule has 118 valence electrons. The first-order valence-corrected chi connectivity index (χ1v) is 7.81. The van der Waals surface area contributed by atoms with E-state index in [4.69, 9.17) is 4.74 Å². The van der Waals surface area contributed by atoms with Crippen LogP contribution in [0.2, 0.25) is 0 Å². The van der Waals surface area contributed by atoms with Crippen LogP contribution in [0, 0.1) is 0 Å². The molecule has 1 amide bonds. The zero-order chi connectivity index (χ0) is 15.8. The lowest BCUT2D eigenvalue weighted by atomic mass is 10.1. The molecule has 2 atom stereocenters. The number of cyclic esters (lactones) is 1. The molecule has 0 aromatic heterocycles. The maximum atomic E-state index is 11.7. The van der Waals surface area contributed by atoms with Crippen molar-refractivity contribution >= 4 is 6.09 Å². The Labute approximate surface area is 128 Å². The number of carbonyl (C=O) groups excluding carboxylic acids is 1. The molecular formula is C17H28N2O2. The largest absolute Gasteiger partial charge is 0.444 e. The van der Waals surface area contributed by atoms with Crippen LogP contribution in [0.4, 0.5) is 4.79 Å². The van der Waals surface area contributed by atoms with E-state index in [1.807, 2.05) is 50.8 Å². The van der Waals surface area contributed by atoms with E-state index in [1.54, 1.807) is 0 Å². The van der Waals surface area contributed by atoms with Gasteiger partial charge in [-0.15, -0.1) is 0 Å². The number of likely N-dealkylation sites (N-methyl/N-ethyl adjacent to an activating group) is 2. The number of amides is 1.